The van der Waals surface area contributed by atoms with Crippen LogP contribution in [0.1, 0.15) is 18.9 Å². The predicted octanol–water partition coefficient (Wildman–Crippen LogP) is 5.12. The zero-order chi connectivity index (χ0) is 17.6. The van der Waals surface area contributed by atoms with E-state index < -0.39 is 0 Å². The van der Waals surface area contributed by atoms with E-state index in [2.05, 4.69) is 23.3 Å². The Kier molecular flexibility index (Phi) is 5.94. The fraction of sp³-hybridized carbons (Fsp3) is 0.263. The van der Waals surface area contributed by atoms with Gasteiger partial charge in [-0.3, -0.25) is 4.79 Å². The number of amides is 1. The van der Waals surface area contributed by atoms with Gasteiger partial charge in [-0.1, -0.05) is 30.8 Å². The Morgan fingerprint density at radius 1 is 1.28 bits per heavy atom. The minimum atomic E-state index is 0.0201. The molecule has 0 radical (unpaired) electrons. The number of fused-ring (bicyclic) bond motifs is 1. The van der Waals surface area contributed by atoms with Crippen LogP contribution in [0.25, 0.3) is 10.2 Å². The van der Waals surface area contributed by atoms with Crippen LogP contribution in [0.5, 0.6) is 5.75 Å². The van der Waals surface area contributed by atoms with Gasteiger partial charge in [0.1, 0.15) is 5.75 Å². The summed E-state index contributed by atoms with van der Waals surface area (Å²) in [6, 6.07) is 13.9. The summed E-state index contributed by atoms with van der Waals surface area (Å²) in [7, 11) is 0. The number of hydrogen-bond acceptors (Lipinski definition) is 5. The smallest absolute Gasteiger partial charge is 0.224 e. The molecule has 130 valence electrons. The quantitative estimate of drug-likeness (QED) is 0.462. The summed E-state index contributed by atoms with van der Waals surface area (Å²) in [6.07, 6.45) is 0.475. The topological polar surface area (TPSA) is 51.2 Å². The largest absolute Gasteiger partial charge is 0.493 e. The molecule has 3 aromatic rings. The van der Waals surface area contributed by atoms with Crippen LogP contribution in [-0.4, -0.2) is 23.3 Å². The van der Waals surface area contributed by atoms with Crippen molar-refractivity contribution in [3.63, 3.8) is 0 Å². The number of carbonyl (C=O) groups excluding carboxylic acids is 1. The molecule has 0 atom stereocenters. The average Bonchev–Trinajstić information content (AvgIpc) is 3.00. The number of nitrogens with one attached hydrogen (secondary N) is 1. The summed E-state index contributed by atoms with van der Waals surface area (Å²) in [4.78, 5) is 16.1. The van der Waals surface area contributed by atoms with E-state index in [-0.39, 0.29) is 5.91 Å². The summed E-state index contributed by atoms with van der Waals surface area (Å²) >= 11 is 3.33. The lowest BCUT2D eigenvalue weighted by molar-refractivity contribution is -0.115. The van der Waals surface area contributed by atoms with Crippen molar-refractivity contribution in [1.82, 2.24) is 4.98 Å². The van der Waals surface area contributed by atoms with Crippen molar-refractivity contribution in [1.29, 1.82) is 0 Å². The summed E-state index contributed by atoms with van der Waals surface area (Å²) in [6.45, 7) is 4.54. The van der Waals surface area contributed by atoms with Crippen molar-refractivity contribution in [3.8, 4) is 5.75 Å². The fourth-order valence-electron chi connectivity index (χ4n) is 2.29. The number of thioether (sulfide) groups is 1. The first-order chi connectivity index (χ1) is 12.1. The van der Waals surface area contributed by atoms with E-state index in [0.29, 0.717) is 13.0 Å². The molecule has 1 N–H and O–H groups in total. The molecule has 0 unspecified atom stereocenters. The van der Waals surface area contributed by atoms with Crippen LogP contribution in [-0.2, 0) is 4.79 Å². The number of thiazole rings is 1. The zero-order valence-corrected chi connectivity index (χ0v) is 15.9. The first-order valence-corrected chi connectivity index (χ1v) is 9.97. The number of anilines is 1. The van der Waals surface area contributed by atoms with Gasteiger partial charge in [-0.2, -0.15) is 0 Å². The number of hydrogen-bond donors (Lipinski definition) is 1. The van der Waals surface area contributed by atoms with Crippen LogP contribution in [0.3, 0.4) is 0 Å². The number of aromatic nitrogens is 1. The van der Waals surface area contributed by atoms with Gasteiger partial charge >= 0.3 is 0 Å². The second-order valence-corrected chi connectivity index (χ2v) is 7.95. The van der Waals surface area contributed by atoms with Crippen molar-refractivity contribution in [2.45, 2.75) is 24.6 Å². The standard InChI is InChI=1S/C19H20N2O2S2/c1-3-18(22)20-14-7-8-16-17(12-14)25-19(21-16)24-10-9-23-15-6-4-5-13(2)11-15/h4-8,11-12H,3,9-10H2,1-2H3,(H,20,22). The number of nitrogens with zero attached hydrogens (tertiary/aromatic N) is 1. The Morgan fingerprint density at radius 3 is 2.96 bits per heavy atom. The molecule has 3 rings (SSSR count). The number of ether oxygens (including phenoxy) is 1. The molecule has 2 aromatic carbocycles. The Morgan fingerprint density at radius 2 is 2.16 bits per heavy atom. The highest BCUT2D eigenvalue weighted by Gasteiger charge is 2.07. The monoisotopic (exact) mass is 372 g/mol. The molecule has 0 spiro atoms. The second-order valence-electron chi connectivity index (χ2n) is 5.58. The Balaban J connectivity index is 1.55. The van der Waals surface area contributed by atoms with Crippen molar-refractivity contribution >= 4 is 44.9 Å². The van der Waals surface area contributed by atoms with Crippen LogP contribution in [0.4, 0.5) is 5.69 Å². The molecule has 0 aliphatic carbocycles. The maximum absolute atomic E-state index is 11.5. The SMILES string of the molecule is CCC(=O)Nc1ccc2nc(SCCOc3cccc(C)c3)sc2c1. The Bertz CT molecular complexity index is 877. The van der Waals surface area contributed by atoms with Gasteiger partial charge in [0, 0.05) is 17.9 Å². The molecular weight excluding hydrogens is 352 g/mol. The van der Waals surface area contributed by atoms with Crippen LogP contribution >= 0.6 is 23.1 Å². The maximum atomic E-state index is 11.5. The van der Waals surface area contributed by atoms with Gasteiger partial charge in [0.2, 0.25) is 5.91 Å². The highest BCUT2D eigenvalue weighted by Crippen LogP contribution is 2.31. The van der Waals surface area contributed by atoms with Gasteiger partial charge in [-0.15, -0.1) is 11.3 Å². The fourth-order valence-corrected chi connectivity index (χ4v) is 4.28. The van der Waals surface area contributed by atoms with E-state index >= 15 is 0 Å². The van der Waals surface area contributed by atoms with Crippen LogP contribution in [0, 0.1) is 6.92 Å². The summed E-state index contributed by atoms with van der Waals surface area (Å²) < 4.78 is 7.86. The van der Waals surface area contributed by atoms with Gasteiger partial charge in [0.25, 0.3) is 0 Å². The second kappa shape index (κ2) is 8.36. The van der Waals surface area contributed by atoms with E-state index in [4.69, 9.17) is 4.74 Å². The van der Waals surface area contributed by atoms with Crippen LogP contribution in [0.2, 0.25) is 0 Å². The molecular formula is C19H20N2O2S2. The highest BCUT2D eigenvalue weighted by molar-refractivity contribution is 8.01. The van der Waals surface area contributed by atoms with E-state index in [1.54, 1.807) is 23.1 Å². The van der Waals surface area contributed by atoms with E-state index in [1.165, 1.54) is 5.56 Å². The summed E-state index contributed by atoms with van der Waals surface area (Å²) in [5.74, 6) is 1.76. The van der Waals surface area contributed by atoms with Crippen molar-refractivity contribution in [2.75, 3.05) is 17.7 Å². The van der Waals surface area contributed by atoms with Crippen LogP contribution < -0.4 is 10.1 Å². The number of benzene rings is 2. The molecule has 1 amide bonds. The zero-order valence-electron chi connectivity index (χ0n) is 14.2. The van der Waals surface area contributed by atoms with E-state index in [0.717, 1.165) is 31.7 Å². The lowest BCUT2D eigenvalue weighted by Crippen LogP contribution is -2.08. The lowest BCUT2D eigenvalue weighted by atomic mass is 10.2. The normalized spacial score (nSPS) is 10.8. The molecule has 1 heterocycles. The number of rotatable bonds is 7. The third-order valence-corrected chi connectivity index (χ3v) is 5.67. The predicted molar refractivity (Wildman–Crippen MR) is 106 cm³/mol. The third kappa shape index (κ3) is 4.96. The van der Waals surface area contributed by atoms with Gasteiger partial charge in [0.15, 0.2) is 4.34 Å². The summed E-state index contributed by atoms with van der Waals surface area (Å²) in [5.41, 5.74) is 2.98. The van der Waals surface area contributed by atoms with E-state index in [1.807, 2.05) is 43.3 Å². The van der Waals surface area contributed by atoms with E-state index in [9.17, 15) is 4.79 Å². The van der Waals surface area contributed by atoms with Gasteiger partial charge < -0.3 is 10.1 Å². The third-order valence-electron chi connectivity index (χ3n) is 3.54. The molecule has 1 aromatic heterocycles. The minimum Gasteiger partial charge on any atom is -0.493 e. The molecule has 0 aliphatic heterocycles. The Hall–Kier alpha value is -2.05. The first kappa shape index (κ1) is 17.8. The van der Waals surface area contributed by atoms with Crippen molar-refractivity contribution in [2.24, 2.45) is 0 Å². The van der Waals surface area contributed by atoms with Crippen molar-refractivity contribution in [3.05, 3.63) is 48.0 Å². The van der Waals surface area contributed by atoms with Gasteiger partial charge in [-0.05, 0) is 42.8 Å². The molecule has 25 heavy (non-hydrogen) atoms. The maximum Gasteiger partial charge on any atom is 0.224 e. The summed E-state index contributed by atoms with van der Waals surface area (Å²) in [5, 5.41) is 2.88. The highest BCUT2D eigenvalue weighted by atomic mass is 32.2. The molecule has 0 aliphatic rings. The number of carbonyl (C=O) groups is 1. The molecule has 0 saturated heterocycles. The first-order valence-electron chi connectivity index (χ1n) is 8.17. The molecule has 0 saturated carbocycles. The molecule has 0 fully saturated rings. The van der Waals surface area contributed by atoms with Gasteiger partial charge in [0.05, 0.1) is 16.8 Å². The van der Waals surface area contributed by atoms with Gasteiger partial charge in [-0.25, -0.2) is 4.98 Å². The van der Waals surface area contributed by atoms with Crippen molar-refractivity contribution < 1.29 is 9.53 Å². The molecule has 6 heteroatoms. The lowest BCUT2D eigenvalue weighted by Gasteiger charge is -2.05. The number of aryl methyl sites for hydroxylation is 1. The molecule has 4 nitrogen and oxygen atoms in total. The Labute approximate surface area is 155 Å². The average molecular weight is 373 g/mol. The molecule has 0 bridgehead atoms. The van der Waals surface area contributed by atoms with Crippen LogP contribution in [0.15, 0.2) is 46.8 Å². The minimum absolute atomic E-state index is 0.0201.